The van der Waals surface area contributed by atoms with Crippen LogP contribution in [-0.2, 0) is 26.0 Å². The molecule has 0 spiro atoms. The van der Waals surface area contributed by atoms with E-state index in [9.17, 15) is 18.0 Å². The zero-order valence-corrected chi connectivity index (χ0v) is 23.9. The monoisotopic (exact) mass is 549 g/mol. The van der Waals surface area contributed by atoms with Crippen molar-refractivity contribution >= 4 is 39.1 Å². The summed E-state index contributed by atoms with van der Waals surface area (Å²) in [6.07, 6.45) is 4.56. The summed E-state index contributed by atoms with van der Waals surface area (Å²) in [5.41, 5.74) is 2.37. The summed E-state index contributed by atoms with van der Waals surface area (Å²) in [6, 6.07) is 14.4. The van der Waals surface area contributed by atoms with Crippen molar-refractivity contribution in [1.82, 2.24) is 10.2 Å². The Labute approximate surface area is 227 Å². The first-order chi connectivity index (χ1) is 17.6. The van der Waals surface area contributed by atoms with Crippen LogP contribution in [0.2, 0.25) is 5.02 Å². The number of benzene rings is 2. The number of halogens is 1. The highest BCUT2D eigenvalue weighted by Crippen LogP contribution is 2.27. The second-order valence-electron chi connectivity index (χ2n) is 9.26. The summed E-state index contributed by atoms with van der Waals surface area (Å²) in [5.74, 6) is -0.311. The van der Waals surface area contributed by atoms with E-state index in [-0.39, 0.29) is 24.8 Å². The van der Waals surface area contributed by atoms with Crippen LogP contribution in [0, 0.1) is 6.92 Å². The van der Waals surface area contributed by atoms with Gasteiger partial charge in [0.1, 0.15) is 6.04 Å². The molecule has 0 unspecified atom stereocenters. The van der Waals surface area contributed by atoms with Crippen molar-refractivity contribution in [2.45, 2.75) is 65.3 Å². The molecule has 0 aliphatic carbocycles. The first-order valence-corrected chi connectivity index (χ1v) is 15.2. The fraction of sp³-hybridized carbons (Fsp3) is 0.500. The Morgan fingerprint density at radius 1 is 1.03 bits per heavy atom. The molecule has 0 radical (unpaired) electrons. The van der Waals surface area contributed by atoms with E-state index in [4.69, 9.17) is 11.6 Å². The molecule has 0 aliphatic rings. The molecule has 0 saturated heterocycles. The van der Waals surface area contributed by atoms with Crippen LogP contribution in [0.15, 0.2) is 48.5 Å². The van der Waals surface area contributed by atoms with Gasteiger partial charge in [0, 0.05) is 31.1 Å². The molecular formula is C28H40ClN3O4S. The second kappa shape index (κ2) is 15.0. The number of carbonyl (C=O) groups is 2. The zero-order chi connectivity index (χ0) is 27.4. The van der Waals surface area contributed by atoms with E-state index in [1.165, 1.54) is 4.31 Å². The number of amides is 2. The Kier molecular flexibility index (Phi) is 12.4. The number of hydrogen-bond acceptors (Lipinski definition) is 4. The number of rotatable bonds is 15. The van der Waals surface area contributed by atoms with Crippen molar-refractivity contribution in [2.75, 3.05) is 30.2 Å². The van der Waals surface area contributed by atoms with Gasteiger partial charge in [0.15, 0.2) is 0 Å². The van der Waals surface area contributed by atoms with Crippen LogP contribution in [0.5, 0.6) is 0 Å². The van der Waals surface area contributed by atoms with E-state index < -0.39 is 16.1 Å². The number of anilines is 1. The average molecular weight is 550 g/mol. The first kappa shape index (κ1) is 30.6. The molecule has 0 heterocycles. The van der Waals surface area contributed by atoms with Gasteiger partial charge >= 0.3 is 0 Å². The van der Waals surface area contributed by atoms with E-state index in [1.807, 2.05) is 44.2 Å². The van der Waals surface area contributed by atoms with Gasteiger partial charge in [0.2, 0.25) is 21.8 Å². The van der Waals surface area contributed by atoms with Crippen molar-refractivity contribution in [1.29, 1.82) is 0 Å². The maximum atomic E-state index is 13.4. The molecule has 1 N–H and O–H groups in total. The van der Waals surface area contributed by atoms with Gasteiger partial charge in [-0.05, 0) is 55.9 Å². The number of carbonyl (C=O) groups excluding carboxylic acids is 2. The quantitative estimate of drug-likeness (QED) is 0.318. The number of aryl methyl sites for hydroxylation is 1. The lowest BCUT2D eigenvalue weighted by Gasteiger charge is -2.31. The molecule has 0 bridgehead atoms. The van der Waals surface area contributed by atoms with Crippen LogP contribution in [-0.4, -0.2) is 57.1 Å². The lowest BCUT2D eigenvalue weighted by atomic mass is 10.1. The Hall–Kier alpha value is -2.58. The smallest absolute Gasteiger partial charge is 0.242 e. The van der Waals surface area contributed by atoms with E-state index >= 15 is 0 Å². The molecule has 2 amide bonds. The minimum atomic E-state index is -3.58. The Bertz CT molecular complexity index is 1130. The Morgan fingerprint density at radius 3 is 2.35 bits per heavy atom. The van der Waals surface area contributed by atoms with Gasteiger partial charge in [0.25, 0.3) is 0 Å². The summed E-state index contributed by atoms with van der Waals surface area (Å²) >= 11 is 6.13. The Morgan fingerprint density at radius 2 is 1.73 bits per heavy atom. The summed E-state index contributed by atoms with van der Waals surface area (Å²) in [7, 11) is -3.58. The first-order valence-electron chi connectivity index (χ1n) is 12.9. The molecule has 2 aromatic carbocycles. The lowest BCUT2D eigenvalue weighted by Crippen LogP contribution is -2.50. The van der Waals surface area contributed by atoms with Crippen LogP contribution in [0.1, 0.15) is 57.1 Å². The minimum absolute atomic E-state index is 0.124. The standard InChI is InChI=1S/C28H40ClN3O4S/c1-5-7-18-30-28(34)25(6-2)31(20-17-23-12-9-8-10-13-23)27(33)14-11-19-32(37(4,35)36)26-21-24(29)16-15-22(26)3/h8-10,12-13,15-16,21,25H,5-7,11,14,17-20H2,1-4H3,(H,30,34)/t25-/m1/s1. The molecular weight excluding hydrogens is 510 g/mol. The largest absolute Gasteiger partial charge is 0.354 e. The average Bonchev–Trinajstić information content (AvgIpc) is 2.86. The van der Waals surface area contributed by atoms with Crippen molar-refractivity contribution in [3.05, 3.63) is 64.7 Å². The number of sulfonamides is 1. The lowest BCUT2D eigenvalue weighted by molar-refractivity contribution is -0.140. The van der Waals surface area contributed by atoms with Crippen LogP contribution in [0.3, 0.4) is 0 Å². The molecule has 2 aromatic rings. The molecule has 0 saturated carbocycles. The topological polar surface area (TPSA) is 86.8 Å². The van der Waals surface area contributed by atoms with Gasteiger partial charge in [-0.25, -0.2) is 8.42 Å². The molecule has 204 valence electrons. The number of hydrogen-bond donors (Lipinski definition) is 1. The molecule has 0 aliphatic heterocycles. The van der Waals surface area contributed by atoms with E-state index in [0.29, 0.717) is 43.1 Å². The third kappa shape index (κ3) is 9.67. The summed E-state index contributed by atoms with van der Waals surface area (Å²) < 4.78 is 26.4. The number of nitrogens with one attached hydrogen (secondary N) is 1. The van der Waals surface area contributed by atoms with E-state index in [2.05, 4.69) is 12.2 Å². The van der Waals surface area contributed by atoms with Gasteiger partial charge in [0.05, 0.1) is 11.9 Å². The van der Waals surface area contributed by atoms with Gasteiger partial charge in [-0.2, -0.15) is 0 Å². The highest BCUT2D eigenvalue weighted by molar-refractivity contribution is 7.92. The highest BCUT2D eigenvalue weighted by Gasteiger charge is 2.28. The van der Waals surface area contributed by atoms with Crippen molar-refractivity contribution in [2.24, 2.45) is 0 Å². The van der Waals surface area contributed by atoms with Crippen molar-refractivity contribution < 1.29 is 18.0 Å². The third-order valence-corrected chi connectivity index (χ3v) is 7.71. The Balaban J connectivity index is 2.17. The molecule has 0 fully saturated rings. The zero-order valence-electron chi connectivity index (χ0n) is 22.4. The number of nitrogens with zero attached hydrogens (tertiary/aromatic N) is 2. The SMILES string of the molecule is CCCCNC(=O)[C@@H](CC)N(CCc1ccccc1)C(=O)CCCN(c1cc(Cl)ccc1C)S(C)(=O)=O. The summed E-state index contributed by atoms with van der Waals surface area (Å²) in [5, 5.41) is 3.40. The molecule has 7 nitrogen and oxygen atoms in total. The van der Waals surface area contributed by atoms with Crippen LogP contribution in [0.25, 0.3) is 0 Å². The van der Waals surface area contributed by atoms with Gasteiger partial charge in [-0.1, -0.05) is 68.3 Å². The minimum Gasteiger partial charge on any atom is -0.354 e. The van der Waals surface area contributed by atoms with E-state index in [0.717, 1.165) is 30.2 Å². The predicted octanol–water partition coefficient (Wildman–Crippen LogP) is 4.96. The van der Waals surface area contributed by atoms with Crippen LogP contribution < -0.4 is 9.62 Å². The molecule has 9 heteroatoms. The fourth-order valence-electron chi connectivity index (χ4n) is 4.24. The molecule has 0 aromatic heterocycles. The highest BCUT2D eigenvalue weighted by atomic mass is 35.5. The van der Waals surface area contributed by atoms with Crippen molar-refractivity contribution in [3.8, 4) is 0 Å². The van der Waals surface area contributed by atoms with Crippen molar-refractivity contribution in [3.63, 3.8) is 0 Å². The van der Waals surface area contributed by atoms with Crippen LogP contribution >= 0.6 is 11.6 Å². The van der Waals surface area contributed by atoms with Crippen LogP contribution in [0.4, 0.5) is 5.69 Å². The predicted molar refractivity (Wildman–Crippen MR) is 151 cm³/mol. The number of unbranched alkanes of at least 4 members (excludes halogenated alkanes) is 1. The molecule has 2 rings (SSSR count). The van der Waals surface area contributed by atoms with Gasteiger partial charge in [-0.15, -0.1) is 0 Å². The third-order valence-electron chi connectivity index (χ3n) is 6.29. The fourth-order valence-corrected chi connectivity index (χ4v) is 5.42. The van der Waals surface area contributed by atoms with Gasteiger partial charge in [-0.3, -0.25) is 13.9 Å². The van der Waals surface area contributed by atoms with E-state index in [1.54, 1.807) is 23.1 Å². The molecule has 1 atom stereocenters. The normalized spacial score (nSPS) is 12.1. The second-order valence-corrected chi connectivity index (χ2v) is 11.6. The maximum absolute atomic E-state index is 13.4. The molecule has 37 heavy (non-hydrogen) atoms. The maximum Gasteiger partial charge on any atom is 0.242 e. The van der Waals surface area contributed by atoms with Gasteiger partial charge < -0.3 is 10.2 Å². The summed E-state index contributed by atoms with van der Waals surface area (Å²) in [6.45, 7) is 6.91. The summed E-state index contributed by atoms with van der Waals surface area (Å²) in [4.78, 5) is 28.1.